The molecule has 0 spiro atoms. The summed E-state index contributed by atoms with van der Waals surface area (Å²) in [7, 11) is 0. The lowest BCUT2D eigenvalue weighted by Gasteiger charge is -2.12. The van der Waals surface area contributed by atoms with Gasteiger partial charge in [0.2, 0.25) is 11.8 Å². The molecule has 5 nitrogen and oxygen atoms in total. The van der Waals surface area contributed by atoms with E-state index >= 15 is 0 Å². The van der Waals surface area contributed by atoms with Crippen LogP contribution in [0.25, 0.3) is 0 Å². The minimum absolute atomic E-state index is 0.0144. The van der Waals surface area contributed by atoms with Crippen LogP contribution in [0.4, 0.5) is 5.13 Å². The highest BCUT2D eigenvalue weighted by Gasteiger charge is 2.23. The van der Waals surface area contributed by atoms with Gasteiger partial charge in [-0.15, -0.1) is 23.1 Å². The highest BCUT2D eigenvalue weighted by atomic mass is 79.9. The standard InChI is InChI=1S/C16H16BrN3O2S2/c1-10-4-11(2-3-13(10)17)5-12-6-18-16(24-12)19-14(21)7-20-9-23-8-15(20)22/h2-4,6H,5,7-9H2,1H3,(H,18,19,21). The van der Waals surface area contributed by atoms with Crippen molar-refractivity contribution in [2.24, 2.45) is 0 Å². The van der Waals surface area contributed by atoms with E-state index in [1.54, 1.807) is 11.1 Å². The zero-order chi connectivity index (χ0) is 17.1. The zero-order valence-corrected chi connectivity index (χ0v) is 16.3. The predicted octanol–water partition coefficient (Wildman–Crippen LogP) is 3.28. The highest BCUT2D eigenvalue weighted by Crippen LogP contribution is 2.24. The summed E-state index contributed by atoms with van der Waals surface area (Å²) in [5.41, 5.74) is 2.40. The normalized spacial score (nSPS) is 14.2. The molecule has 2 amide bonds. The van der Waals surface area contributed by atoms with Crippen LogP contribution in [0.3, 0.4) is 0 Å². The summed E-state index contributed by atoms with van der Waals surface area (Å²) in [6.45, 7) is 2.15. The molecule has 0 aliphatic carbocycles. The van der Waals surface area contributed by atoms with Gasteiger partial charge in [0.1, 0.15) is 6.54 Å². The summed E-state index contributed by atoms with van der Waals surface area (Å²) < 4.78 is 1.10. The monoisotopic (exact) mass is 425 g/mol. The van der Waals surface area contributed by atoms with Crippen LogP contribution in [0.2, 0.25) is 0 Å². The van der Waals surface area contributed by atoms with Crippen molar-refractivity contribution < 1.29 is 9.59 Å². The van der Waals surface area contributed by atoms with Crippen LogP contribution < -0.4 is 5.32 Å². The fourth-order valence-electron chi connectivity index (χ4n) is 2.34. The summed E-state index contributed by atoms with van der Waals surface area (Å²) in [5.74, 6) is 0.853. The van der Waals surface area contributed by atoms with Crippen LogP contribution in [-0.2, 0) is 16.0 Å². The fourth-order valence-corrected chi connectivity index (χ4v) is 4.35. The van der Waals surface area contributed by atoms with Gasteiger partial charge in [-0.2, -0.15) is 0 Å². The van der Waals surface area contributed by atoms with Gasteiger partial charge in [-0.05, 0) is 24.1 Å². The van der Waals surface area contributed by atoms with Gasteiger partial charge in [-0.1, -0.05) is 28.1 Å². The molecule has 0 unspecified atom stereocenters. The molecule has 126 valence electrons. The van der Waals surface area contributed by atoms with Crippen LogP contribution in [0, 0.1) is 6.92 Å². The molecular formula is C16H16BrN3O2S2. The number of hydrogen-bond donors (Lipinski definition) is 1. The molecule has 0 saturated carbocycles. The molecule has 8 heteroatoms. The smallest absolute Gasteiger partial charge is 0.245 e. The van der Waals surface area contributed by atoms with E-state index in [1.165, 1.54) is 34.2 Å². The Morgan fingerprint density at radius 1 is 1.46 bits per heavy atom. The van der Waals surface area contributed by atoms with Crippen LogP contribution in [-0.4, -0.2) is 39.9 Å². The number of benzene rings is 1. The third kappa shape index (κ3) is 4.37. The Bertz CT molecular complexity index is 778. The number of thiazole rings is 1. The summed E-state index contributed by atoms with van der Waals surface area (Å²) in [4.78, 5) is 30.4. The van der Waals surface area contributed by atoms with Crippen molar-refractivity contribution in [3.05, 3.63) is 44.9 Å². The minimum atomic E-state index is -0.203. The van der Waals surface area contributed by atoms with Crippen LogP contribution >= 0.6 is 39.0 Å². The molecule has 24 heavy (non-hydrogen) atoms. The van der Waals surface area contributed by atoms with E-state index in [9.17, 15) is 9.59 Å². The molecule has 1 aromatic carbocycles. The second-order valence-electron chi connectivity index (χ2n) is 5.51. The number of carbonyl (C=O) groups excluding carboxylic acids is 2. The van der Waals surface area contributed by atoms with E-state index in [-0.39, 0.29) is 18.4 Å². The molecule has 1 fully saturated rings. The number of thioether (sulfide) groups is 1. The number of nitrogens with one attached hydrogen (secondary N) is 1. The Morgan fingerprint density at radius 3 is 3.00 bits per heavy atom. The maximum atomic E-state index is 12.0. The van der Waals surface area contributed by atoms with Crippen molar-refractivity contribution in [1.82, 2.24) is 9.88 Å². The SMILES string of the molecule is Cc1cc(Cc2cnc(NC(=O)CN3CSCC3=O)s2)ccc1Br. The van der Waals surface area contributed by atoms with E-state index in [0.717, 1.165) is 15.8 Å². The Kier molecular flexibility index (Phi) is 5.57. The van der Waals surface area contributed by atoms with Gasteiger partial charge < -0.3 is 10.2 Å². The lowest BCUT2D eigenvalue weighted by molar-refractivity contribution is -0.130. The lowest BCUT2D eigenvalue weighted by atomic mass is 10.1. The number of aryl methyl sites for hydroxylation is 1. The molecule has 0 radical (unpaired) electrons. The van der Waals surface area contributed by atoms with Gasteiger partial charge in [0.15, 0.2) is 5.13 Å². The average Bonchev–Trinajstić information content (AvgIpc) is 3.13. The Morgan fingerprint density at radius 2 is 2.29 bits per heavy atom. The zero-order valence-electron chi connectivity index (χ0n) is 13.0. The maximum absolute atomic E-state index is 12.0. The first-order chi connectivity index (χ1) is 11.5. The first-order valence-corrected chi connectivity index (χ1v) is 10.1. The van der Waals surface area contributed by atoms with Gasteiger partial charge >= 0.3 is 0 Å². The van der Waals surface area contributed by atoms with Crippen LogP contribution in [0.1, 0.15) is 16.0 Å². The number of aromatic nitrogens is 1. The lowest BCUT2D eigenvalue weighted by Crippen LogP contribution is -2.34. The highest BCUT2D eigenvalue weighted by molar-refractivity contribution is 9.10. The molecule has 1 aromatic heterocycles. The Labute approximate surface area is 157 Å². The van der Waals surface area contributed by atoms with Gasteiger partial charge in [-0.25, -0.2) is 4.98 Å². The number of anilines is 1. The molecule has 2 aromatic rings. The summed E-state index contributed by atoms with van der Waals surface area (Å²) in [6, 6.07) is 6.25. The number of rotatable bonds is 5. The molecule has 1 aliphatic heterocycles. The van der Waals surface area contributed by atoms with Crippen molar-refractivity contribution in [3.8, 4) is 0 Å². The largest absolute Gasteiger partial charge is 0.323 e. The maximum Gasteiger partial charge on any atom is 0.245 e. The molecule has 0 bridgehead atoms. The van der Waals surface area contributed by atoms with E-state index in [0.29, 0.717) is 16.8 Å². The van der Waals surface area contributed by atoms with Crippen LogP contribution in [0.5, 0.6) is 0 Å². The molecule has 1 saturated heterocycles. The van der Waals surface area contributed by atoms with E-state index < -0.39 is 0 Å². The Balaban J connectivity index is 1.57. The molecule has 1 N–H and O–H groups in total. The third-order valence-corrected chi connectivity index (χ3v) is 6.31. The quantitative estimate of drug-likeness (QED) is 0.797. The topological polar surface area (TPSA) is 62.3 Å². The molecular weight excluding hydrogens is 410 g/mol. The number of amides is 2. The third-order valence-electron chi connectivity index (χ3n) is 3.56. The van der Waals surface area contributed by atoms with Gasteiger partial charge in [0.05, 0.1) is 11.6 Å². The van der Waals surface area contributed by atoms with Crippen molar-refractivity contribution in [3.63, 3.8) is 0 Å². The number of halogens is 1. The summed E-state index contributed by atoms with van der Waals surface area (Å²) in [5, 5.41) is 3.35. The van der Waals surface area contributed by atoms with Gasteiger partial charge in [-0.3, -0.25) is 9.59 Å². The van der Waals surface area contributed by atoms with Gasteiger partial charge in [0.25, 0.3) is 0 Å². The van der Waals surface area contributed by atoms with Crippen molar-refractivity contribution >= 4 is 56.0 Å². The molecule has 3 rings (SSSR count). The molecule has 2 heterocycles. The van der Waals surface area contributed by atoms with E-state index in [1.807, 2.05) is 6.07 Å². The average molecular weight is 426 g/mol. The van der Waals surface area contributed by atoms with Gasteiger partial charge in [0, 0.05) is 22.0 Å². The fraction of sp³-hybridized carbons (Fsp3) is 0.312. The summed E-state index contributed by atoms with van der Waals surface area (Å²) >= 11 is 6.49. The second-order valence-corrected chi connectivity index (χ2v) is 8.43. The van der Waals surface area contributed by atoms with E-state index in [4.69, 9.17) is 0 Å². The summed E-state index contributed by atoms with van der Waals surface area (Å²) in [6.07, 6.45) is 2.57. The Hall–Kier alpha value is -1.38. The number of hydrogen-bond acceptors (Lipinski definition) is 5. The first-order valence-electron chi connectivity index (χ1n) is 7.36. The van der Waals surface area contributed by atoms with E-state index in [2.05, 4.69) is 45.3 Å². The number of nitrogens with zero attached hydrogens (tertiary/aromatic N) is 2. The predicted molar refractivity (Wildman–Crippen MR) is 101 cm³/mol. The first kappa shape index (κ1) is 17.4. The second kappa shape index (κ2) is 7.67. The van der Waals surface area contributed by atoms with Crippen molar-refractivity contribution in [1.29, 1.82) is 0 Å². The minimum Gasteiger partial charge on any atom is -0.323 e. The molecule has 1 aliphatic rings. The number of carbonyl (C=O) groups is 2. The molecule has 0 atom stereocenters. The van der Waals surface area contributed by atoms with Crippen LogP contribution in [0.15, 0.2) is 28.9 Å². The van der Waals surface area contributed by atoms with Crippen molar-refractivity contribution in [2.75, 3.05) is 23.5 Å². The van der Waals surface area contributed by atoms with Crippen molar-refractivity contribution in [2.45, 2.75) is 13.3 Å².